The zero-order valence-electron chi connectivity index (χ0n) is 8.94. The third-order valence-corrected chi connectivity index (χ3v) is 2.87. The molecule has 2 N–H and O–H groups in total. The first-order valence-electron chi connectivity index (χ1n) is 5.31. The van der Waals surface area contributed by atoms with Crippen LogP contribution < -0.4 is 5.32 Å². The molecule has 2 rings (SSSR count). The molecule has 2 atom stereocenters. The topological polar surface area (TPSA) is 41.5 Å². The molecular weight excluding hydrogens is 190 g/mol. The van der Waals surface area contributed by atoms with Crippen molar-refractivity contribution >= 4 is 0 Å². The van der Waals surface area contributed by atoms with Gasteiger partial charge in [-0.05, 0) is 18.1 Å². The summed E-state index contributed by atoms with van der Waals surface area (Å²) in [7, 11) is 0. The van der Waals surface area contributed by atoms with Gasteiger partial charge in [0.25, 0.3) is 0 Å². The molecule has 82 valence electrons. The Hall–Kier alpha value is -0.900. The summed E-state index contributed by atoms with van der Waals surface area (Å²) in [6, 6.07) is 8.34. The minimum atomic E-state index is -0.367. The molecule has 1 aliphatic heterocycles. The van der Waals surface area contributed by atoms with Gasteiger partial charge in [-0.3, -0.25) is 0 Å². The van der Waals surface area contributed by atoms with Crippen molar-refractivity contribution in [1.82, 2.24) is 5.32 Å². The van der Waals surface area contributed by atoms with Crippen molar-refractivity contribution in [2.45, 2.75) is 25.6 Å². The number of aliphatic hydroxyl groups is 1. The van der Waals surface area contributed by atoms with Crippen LogP contribution in [0.25, 0.3) is 0 Å². The Morgan fingerprint density at radius 1 is 1.40 bits per heavy atom. The molecule has 1 aliphatic rings. The first-order chi connectivity index (χ1) is 7.27. The van der Waals surface area contributed by atoms with Gasteiger partial charge in [0.2, 0.25) is 0 Å². The largest absolute Gasteiger partial charge is 0.389 e. The molecule has 0 amide bonds. The average Bonchev–Trinajstić information content (AvgIpc) is 2.63. The van der Waals surface area contributed by atoms with Crippen molar-refractivity contribution < 1.29 is 9.84 Å². The van der Waals surface area contributed by atoms with Crippen LogP contribution in [0.2, 0.25) is 0 Å². The van der Waals surface area contributed by atoms with Crippen molar-refractivity contribution in [3.05, 3.63) is 35.4 Å². The number of rotatable bonds is 3. The van der Waals surface area contributed by atoms with E-state index in [4.69, 9.17) is 4.74 Å². The van der Waals surface area contributed by atoms with E-state index in [1.165, 1.54) is 11.1 Å². The third kappa shape index (κ3) is 2.56. The van der Waals surface area contributed by atoms with Gasteiger partial charge in [0.15, 0.2) is 0 Å². The molecule has 0 aliphatic carbocycles. The molecule has 1 heterocycles. The monoisotopic (exact) mass is 207 g/mol. The van der Waals surface area contributed by atoms with Gasteiger partial charge < -0.3 is 15.2 Å². The summed E-state index contributed by atoms with van der Waals surface area (Å²) in [6.07, 6.45) is -0.367. The number of aliphatic hydroxyl groups excluding tert-OH is 1. The normalized spacial score (nSPS) is 25.7. The van der Waals surface area contributed by atoms with Crippen LogP contribution in [0.5, 0.6) is 0 Å². The fourth-order valence-electron chi connectivity index (χ4n) is 1.79. The highest BCUT2D eigenvalue weighted by Gasteiger charge is 2.25. The Labute approximate surface area is 90.1 Å². The number of hydrogen-bond donors (Lipinski definition) is 2. The van der Waals surface area contributed by atoms with Crippen molar-refractivity contribution in [2.75, 3.05) is 13.2 Å². The van der Waals surface area contributed by atoms with Crippen molar-refractivity contribution in [2.24, 2.45) is 0 Å². The van der Waals surface area contributed by atoms with Gasteiger partial charge in [0, 0.05) is 6.54 Å². The van der Waals surface area contributed by atoms with Crippen LogP contribution in [0.3, 0.4) is 0 Å². The van der Waals surface area contributed by atoms with Gasteiger partial charge >= 0.3 is 0 Å². The smallest absolute Gasteiger partial charge is 0.0948 e. The second-order valence-electron chi connectivity index (χ2n) is 4.02. The van der Waals surface area contributed by atoms with Crippen LogP contribution in [0.1, 0.15) is 11.1 Å². The summed E-state index contributed by atoms with van der Waals surface area (Å²) in [5.41, 5.74) is 2.55. The maximum Gasteiger partial charge on any atom is 0.0948 e. The van der Waals surface area contributed by atoms with Gasteiger partial charge in [-0.25, -0.2) is 0 Å². The number of nitrogens with one attached hydrogen (secondary N) is 1. The fraction of sp³-hybridized carbons (Fsp3) is 0.500. The lowest BCUT2D eigenvalue weighted by Gasteiger charge is -2.15. The summed E-state index contributed by atoms with van der Waals surface area (Å²) >= 11 is 0. The van der Waals surface area contributed by atoms with Crippen LogP contribution in [0, 0.1) is 6.92 Å². The molecular formula is C12H17NO2. The molecule has 1 aromatic rings. The van der Waals surface area contributed by atoms with Crippen LogP contribution in [0.15, 0.2) is 24.3 Å². The van der Waals surface area contributed by atoms with Crippen molar-refractivity contribution in [1.29, 1.82) is 0 Å². The maximum atomic E-state index is 9.55. The number of hydrogen-bond acceptors (Lipinski definition) is 3. The third-order valence-electron chi connectivity index (χ3n) is 2.87. The van der Waals surface area contributed by atoms with Gasteiger partial charge in [-0.1, -0.05) is 24.3 Å². The number of benzene rings is 1. The van der Waals surface area contributed by atoms with E-state index in [1.54, 1.807) is 0 Å². The van der Waals surface area contributed by atoms with Crippen molar-refractivity contribution in [3.8, 4) is 0 Å². The summed E-state index contributed by atoms with van der Waals surface area (Å²) < 4.78 is 5.18. The highest BCUT2D eigenvalue weighted by atomic mass is 16.5. The molecule has 1 saturated heterocycles. The summed E-state index contributed by atoms with van der Waals surface area (Å²) in [6.45, 7) is 3.94. The zero-order chi connectivity index (χ0) is 10.7. The lowest BCUT2D eigenvalue weighted by atomic mass is 10.1. The predicted octanol–water partition coefficient (Wildman–Crippen LogP) is 0.844. The predicted molar refractivity (Wildman–Crippen MR) is 58.6 cm³/mol. The molecule has 0 saturated carbocycles. The molecule has 0 aromatic heterocycles. The average molecular weight is 207 g/mol. The molecule has 0 radical (unpaired) electrons. The fourth-order valence-corrected chi connectivity index (χ4v) is 1.79. The van der Waals surface area contributed by atoms with Gasteiger partial charge in [0.1, 0.15) is 0 Å². The second kappa shape index (κ2) is 4.75. The van der Waals surface area contributed by atoms with Crippen LogP contribution in [0.4, 0.5) is 0 Å². The number of aryl methyl sites for hydroxylation is 1. The molecule has 0 bridgehead atoms. The Kier molecular flexibility index (Phi) is 3.36. The molecule has 15 heavy (non-hydrogen) atoms. The molecule has 0 spiro atoms. The van der Waals surface area contributed by atoms with Crippen LogP contribution in [-0.4, -0.2) is 30.5 Å². The van der Waals surface area contributed by atoms with E-state index in [9.17, 15) is 5.11 Å². The summed E-state index contributed by atoms with van der Waals surface area (Å²) in [4.78, 5) is 0. The summed E-state index contributed by atoms with van der Waals surface area (Å²) in [5, 5.41) is 12.9. The Morgan fingerprint density at radius 2 is 2.20 bits per heavy atom. The molecule has 1 fully saturated rings. The minimum absolute atomic E-state index is 0.0737. The lowest BCUT2D eigenvalue weighted by molar-refractivity contribution is 0.122. The van der Waals surface area contributed by atoms with Crippen molar-refractivity contribution in [3.63, 3.8) is 0 Å². The van der Waals surface area contributed by atoms with E-state index < -0.39 is 0 Å². The van der Waals surface area contributed by atoms with E-state index in [-0.39, 0.29) is 12.1 Å². The van der Waals surface area contributed by atoms with E-state index in [0.29, 0.717) is 13.2 Å². The molecule has 0 unspecified atom stereocenters. The standard InChI is InChI=1S/C12H17NO2/c1-9-4-2-3-5-10(9)6-13-11-7-15-8-12(11)14/h2-5,11-14H,6-8H2,1H3/t11-,12-/m1/s1. The van der Waals surface area contributed by atoms with Crippen LogP contribution in [-0.2, 0) is 11.3 Å². The SMILES string of the molecule is Cc1ccccc1CN[C@@H]1COC[C@H]1O. The second-order valence-corrected chi connectivity index (χ2v) is 4.02. The lowest BCUT2D eigenvalue weighted by Crippen LogP contribution is -2.38. The van der Waals surface area contributed by atoms with E-state index in [0.717, 1.165) is 6.54 Å². The maximum absolute atomic E-state index is 9.55. The van der Waals surface area contributed by atoms with Gasteiger partial charge in [-0.2, -0.15) is 0 Å². The highest BCUT2D eigenvalue weighted by Crippen LogP contribution is 2.09. The first kappa shape index (κ1) is 10.6. The first-order valence-corrected chi connectivity index (χ1v) is 5.31. The van der Waals surface area contributed by atoms with E-state index >= 15 is 0 Å². The van der Waals surface area contributed by atoms with Crippen LogP contribution >= 0.6 is 0 Å². The Morgan fingerprint density at radius 3 is 2.87 bits per heavy atom. The summed E-state index contributed by atoms with van der Waals surface area (Å²) in [5.74, 6) is 0. The zero-order valence-corrected chi connectivity index (χ0v) is 8.94. The number of ether oxygens (including phenoxy) is 1. The molecule has 3 nitrogen and oxygen atoms in total. The quantitative estimate of drug-likeness (QED) is 0.772. The Bertz CT molecular complexity index is 327. The highest BCUT2D eigenvalue weighted by molar-refractivity contribution is 5.25. The van der Waals surface area contributed by atoms with Gasteiger partial charge in [-0.15, -0.1) is 0 Å². The minimum Gasteiger partial charge on any atom is -0.389 e. The molecule has 1 aromatic carbocycles. The Balaban J connectivity index is 1.90. The molecule has 3 heteroatoms. The van der Waals surface area contributed by atoms with E-state index in [1.807, 2.05) is 12.1 Å². The van der Waals surface area contributed by atoms with E-state index in [2.05, 4.69) is 24.4 Å². The van der Waals surface area contributed by atoms with Gasteiger partial charge in [0.05, 0.1) is 25.4 Å².